The molecular formula is C22H32IN5O3S. The van der Waals surface area contributed by atoms with Crippen molar-refractivity contribution in [2.24, 2.45) is 4.99 Å². The predicted molar refractivity (Wildman–Crippen MR) is 136 cm³/mol. The second kappa shape index (κ2) is 11.5. The van der Waals surface area contributed by atoms with Gasteiger partial charge in [-0.1, -0.05) is 29.4 Å². The van der Waals surface area contributed by atoms with Crippen molar-refractivity contribution in [3.8, 4) is 0 Å². The van der Waals surface area contributed by atoms with E-state index in [1.54, 1.807) is 10.4 Å². The summed E-state index contributed by atoms with van der Waals surface area (Å²) in [6, 6.07) is 10.3. The maximum Gasteiger partial charge on any atom is 0.220 e. The molecule has 0 radical (unpaired) electrons. The average Bonchev–Trinajstić information content (AvgIpc) is 3.29. The molecule has 1 aromatic carbocycles. The van der Waals surface area contributed by atoms with Crippen molar-refractivity contribution in [2.45, 2.75) is 37.9 Å². The molecule has 176 valence electrons. The summed E-state index contributed by atoms with van der Waals surface area (Å²) in [6.07, 6.45) is 4.91. The summed E-state index contributed by atoms with van der Waals surface area (Å²) in [4.78, 5) is 7.12. The van der Waals surface area contributed by atoms with Crippen LogP contribution in [0.2, 0.25) is 0 Å². The number of halogens is 1. The van der Waals surface area contributed by atoms with Gasteiger partial charge in [-0.05, 0) is 37.3 Å². The topological polar surface area (TPSA) is 91.0 Å². The first-order chi connectivity index (χ1) is 15.1. The summed E-state index contributed by atoms with van der Waals surface area (Å²) in [5.41, 5.74) is 3.31. The third-order valence-corrected chi connectivity index (χ3v) is 7.86. The molecule has 2 aromatic rings. The van der Waals surface area contributed by atoms with Gasteiger partial charge in [0.05, 0.1) is 5.69 Å². The molecule has 1 aromatic heterocycles. The zero-order valence-corrected chi connectivity index (χ0v) is 21.6. The van der Waals surface area contributed by atoms with E-state index in [0.29, 0.717) is 37.8 Å². The summed E-state index contributed by atoms with van der Waals surface area (Å²) in [5, 5.41) is 7.12. The van der Waals surface area contributed by atoms with Crippen LogP contribution in [0, 0.1) is 0 Å². The van der Waals surface area contributed by atoms with Crippen LogP contribution in [0.25, 0.3) is 0 Å². The van der Waals surface area contributed by atoms with Gasteiger partial charge in [-0.3, -0.25) is 4.99 Å². The summed E-state index contributed by atoms with van der Waals surface area (Å²) >= 11 is 0. The van der Waals surface area contributed by atoms with Crippen molar-refractivity contribution in [3.63, 3.8) is 0 Å². The van der Waals surface area contributed by atoms with Gasteiger partial charge in [0, 0.05) is 51.3 Å². The normalized spacial score (nSPS) is 19.8. The maximum absolute atomic E-state index is 12.7. The van der Waals surface area contributed by atoms with Gasteiger partial charge in [0.15, 0.2) is 5.96 Å². The Morgan fingerprint density at radius 1 is 1.22 bits per heavy atom. The Kier molecular flexibility index (Phi) is 8.95. The summed E-state index contributed by atoms with van der Waals surface area (Å²) < 4.78 is 31.7. The standard InChI is InChI=1S/C22H31N5O3S.HI/c1-2-23-22(24-16-19-8-5-7-18-6-3-4-9-21(18)19)26-11-13-27(14-12-26)31(28,29)17-20-10-15-30-25-20;/h3-4,6,9-10,15,19H,2,5,7-8,11-14,16-17H2,1H3,(H,23,24);1H. The molecule has 10 heteroatoms. The number of sulfonamides is 1. The van der Waals surface area contributed by atoms with E-state index >= 15 is 0 Å². The highest BCUT2D eigenvalue weighted by atomic mass is 127. The fraction of sp³-hybridized carbons (Fsp3) is 0.545. The molecule has 32 heavy (non-hydrogen) atoms. The SMILES string of the molecule is CCNC(=NCC1CCCc2ccccc21)N1CCN(S(=O)(=O)Cc2ccon2)CC1.I. The molecule has 1 aliphatic heterocycles. The lowest BCUT2D eigenvalue weighted by atomic mass is 9.83. The number of hydrogen-bond acceptors (Lipinski definition) is 5. The van der Waals surface area contributed by atoms with Gasteiger partial charge in [-0.2, -0.15) is 4.31 Å². The Balaban J connectivity index is 0.00000289. The van der Waals surface area contributed by atoms with Gasteiger partial charge >= 0.3 is 0 Å². The van der Waals surface area contributed by atoms with Crippen LogP contribution in [0.5, 0.6) is 0 Å². The highest BCUT2D eigenvalue weighted by molar-refractivity contribution is 14.0. The van der Waals surface area contributed by atoms with Gasteiger partial charge in [0.25, 0.3) is 0 Å². The van der Waals surface area contributed by atoms with E-state index in [1.165, 1.54) is 23.8 Å². The van der Waals surface area contributed by atoms with E-state index in [0.717, 1.165) is 31.9 Å². The highest BCUT2D eigenvalue weighted by Crippen LogP contribution is 2.31. The fourth-order valence-corrected chi connectivity index (χ4v) is 5.86. The number of rotatable bonds is 6. The molecular weight excluding hydrogens is 541 g/mol. The monoisotopic (exact) mass is 573 g/mol. The number of nitrogens with one attached hydrogen (secondary N) is 1. The Hall–Kier alpha value is -1.66. The van der Waals surface area contributed by atoms with Crippen LogP contribution in [0.3, 0.4) is 0 Å². The number of guanidine groups is 1. The second-order valence-electron chi connectivity index (χ2n) is 8.12. The van der Waals surface area contributed by atoms with E-state index < -0.39 is 10.0 Å². The molecule has 8 nitrogen and oxygen atoms in total. The van der Waals surface area contributed by atoms with E-state index in [4.69, 9.17) is 9.52 Å². The van der Waals surface area contributed by atoms with Gasteiger partial charge in [-0.15, -0.1) is 24.0 Å². The van der Waals surface area contributed by atoms with Crippen molar-refractivity contribution < 1.29 is 12.9 Å². The number of aryl methyl sites for hydroxylation is 1. The van der Waals surface area contributed by atoms with Crippen LogP contribution in [0.1, 0.15) is 42.5 Å². The van der Waals surface area contributed by atoms with Crippen LogP contribution in [0.15, 0.2) is 46.1 Å². The molecule has 1 unspecified atom stereocenters. The molecule has 0 spiro atoms. The molecule has 2 aliphatic rings. The minimum Gasteiger partial charge on any atom is -0.364 e. The predicted octanol–water partition coefficient (Wildman–Crippen LogP) is 2.83. The molecule has 0 bridgehead atoms. The molecule has 0 amide bonds. The first-order valence-corrected chi connectivity index (χ1v) is 12.7. The number of fused-ring (bicyclic) bond motifs is 1. The van der Waals surface area contributed by atoms with Gasteiger partial charge in [-0.25, -0.2) is 8.42 Å². The molecule has 1 atom stereocenters. The van der Waals surface area contributed by atoms with Crippen molar-refractivity contribution in [1.29, 1.82) is 0 Å². The third-order valence-electron chi connectivity index (χ3n) is 6.04. The first kappa shape index (κ1) is 25.0. The van der Waals surface area contributed by atoms with Crippen molar-refractivity contribution in [2.75, 3.05) is 39.3 Å². The molecule has 2 heterocycles. The minimum absolute atomic E-state index is 0. The van der Waals surface area contributed by atoms with Crippen molar-refractivity contribution in [3.05, 3.63) is 53.4 Å². The third kappa shape index (κ3) is 6.02. The van der Waals surface area contributed by atoms with Crippen LogP contribution < -0.4 is 5.32 Å². The smallest absolute Gasteiger partial charge is 0.220 e. The van der Waals surface area contributed by atoms with Gasteiger partial charge < -0.3 is 14.7 Å². The zero-order chi connectivity index (χ0) is 21.7. The lowest BCUT2D eigenvalue weighted by molar-refractivity contribution is 0.259. The number of aliphatic imine (C=N–C) groups is 1. The summed E-state index contributed by atoms with van der Waals surface area (Å²) in [6.45, 7) is 5.71. The van der Waals surface area contributed by atoms with Crippen molar-refractivity contribution >= 4 is 40.0 Å². The quantitative estimate of drug-likeness (QED) is 0.325. The molecule has 1 N–H and O–H groups in total. The summed E-state index contributed by atoms with van der Waals surface area (Å²) in [7, 11) is -3.41. The van der Waals surface area contributed by atoms with E-state index in [9.17, 15) is 8.42 Å². The van der Waals surface area contributed by atoms with E-state index in [2.05, 4.69) is 46.6 Å². The fourth-order valence-electron chi connectivity index (χ4n) is 4.43. The van der Waals surface area contributed by atoms with E-state index in [-0.39, 0.29) is 29.7 Å². The van der Waals surface area contributed by atoms with Crippen LogP contribution in [-0.2, 0) is 22.2 Å². The second-order valence-corrected chi connectivity index (χ2v) is 10.1. The highest BCUT2D eigenvalue weighted by Gasteiger charge is 2.29. The number of nitrogens with zero attached hydrogens (tertiary/aromatic N) is 4. The molecule has 1 fully saturated rings. The zero-order valence-electron chi connectivity index (χ0n) is 18.4. The molecule has 0 saturated carbocycles. The average molecular weight is 574 g/mol. The van der Waals surface area contributed by atoms with Crippen LogP contribution in [-0.4, -0.2) is 68.0 Å². The minimum atomic E-state index is -3.41. The van der Waals surface area contributed by atoms with Gasteiger partial charge in [0.1, 0.15) is 12.0 Å². The number of hydrogen-bond donors (Lipinski definition) is 1. The first-order valence-electron chi connectivity index (χ1n) is 11.0. The molecule has 4 rings (SSSR count). The summed E-state index contributed by atoms with van der Waals surface area (Å²) in [5.74, 6) is 1.19. The Morgan fingerprint density at radius 3 is 2.72 bits per heavy atom. The number of benzene rings is 1. The van der Waals surface area contributed by atoms with Crippen LogP contribution >= 0.6 is 24.0 Å². The largest absolute Gasteiger partial charge is 0.364 e. The number of piperazine rings is 1. The molecule has 1 saturated heterocycles. The van der Waals surface area contributed by atoms with Crippen molar-refractivity contribution in [1.82, 2.24) is 19.7 Å². The lowest BCUT2D eigenvalue weighted by Gasteiger charge is -2.36. The maximum atomic E-state index is 12.7. The lowest BCUT2D eigenvalue weighted by Crippen LogP contribution is -2.54. The van der Waals surface area contributed by atoms with Crippen LogP contribution in [0.4, 0.5) is 0 Å². The van der Waals surface area contributed by atoms with Gasteiger partial charge in [0.2, 0.25) is 10.0 Å². The Bertz CT molecular complexity index is 989. The Morgan fingerprint density at radius 2 is 2.00 bits per heavy atom. The number of aromatic nitrogens is 1. The van der Waals surface area contributed by atoms with E-state index in [1.807, 2.05) is 0 Å². The Labute approximate surface area is 207 Å². The molecule has 1 aliphatic carbocycles.